The second-order valence-electron chi connectivity index (χ2n) is 7.15. The number of hydrogen-bond donors (Lipinski definition) is 3. The van der Waals surface area contributed by atoms with Crippen LogP contribution in [0.1, 0.15) is 19.7 Å². The number of nitrogens with two attached hydrogens (primary N) is 1. The van der Waals surface area contributed by atoms with E-state index in [1.165, 1.54) is 24.3 Å². The molecular weight excluding hydrogens is 406 g/mol. The number of fused-ring (bicyclic) bond motifs is 1. The molecule has 0 fully saturated rings. The fraction of sp³-hybridized carbons (Fsp3) is 0.250. The summed E-state index contributed by atoms with van der Waals surface area (Å²) in [6.45, 7) is 4.22. The minimum absolute atomic E-state index is 0.0114. The van der Waals surface area contributed by atoms with E-state index in [0.717, 1.165) is 0 Å². The van der Waals surface area contributed by atoms with Gasteiger partial charge >= 0.3 is 0 Å². The molecule has 0 aliphatic heterocycles. The maximum Gasteiger partial charge on any atom is 0.258 e. The van der Waals surface area contributed by atoms with Crippen LogP contribution in [0.5, 0.6) is 0 Å². The number of H-pyrrole nitrogens is 1. The zero-order valence-electron chi connectivity index (χ0n) is 16.6. The minimum atomic E-state index is -3.79. The third-order valence-electron chi connectivity index (χ3n) is 4.56. The van der Waals surface area contributed by atoms with Crippen molar-refractivity contribution in [3.63, 3.8) is 0 Å². The van der Waals surface area contributed by atoms with Crippen molar-refractivity contribution in [1.29, 1.82) is 0 Å². The van der Waals surface area contributed by atoms with E-state index >= 15 is 0 Å². The van der Waals surface area contributed by atoms with Gasteiger partial charge in [-0.1, -0.05) is 12.1 Å². The first-order valence-corrected chi connectivity index (χ1v) is 10.8. The summed E-state index contributed by atoms with van der Waals surface area (Å²) in [7, 11) is -3.79. The van der Waals surface area contributed by atoms with Crippen LogP contribution in [0.4, 0.5) is 5.69 Å². The van der Waals surface area contributed by atoms with Crippen molar-refractivity contribution >= 4 is 32.5 Å². The van der Waals surface area contributed by atoms with Crippen LogP contribution < -0.4 is 16.0 Å². The average molecular weight is 430 g/mol. The van der Waals surface area contributed by atoms with Gasteiger partial charge in [-0.15, -0.1) is 0 Å². The van der Waals surface area contributed by atoms with Crippen LogP contribution in [0, 0.1) is 0 Å². The SMILES string of the molecule is CC(C)N(CC(=O)Nc1ccc(S(N)(=O)=O)cc1)Cc1nc2ccccc2c(=O)[nH]1. The summed E-state index contributed by atoms with van der Waals surface area (Å²) in [5, 5.41) is 8.31. The quantitative estimate of drug-likeness (QED) is 0.519. The highest BCUT2D eigenvalue weighted by Crippen LogP contribution is 2.13. The van der Waals surface area contributed by atoms with E-state index in [4.69, 9.17) is 5.14 Å². The number of carbonyl (C=O) groups excluding carboxylic acids is 1. The molecule has 0 aliphatic rings. The number of nitrogens with zero attached hydrogens (tertiary/aromatic N) is 2. The average Bonchev–Trinajstić information content (AvgIpc) is 2.67. The Hall–Kier alpha value is -3.08. The van der Waals surface area contributed by atoms with Gasteiger partial charge < -0.3 is 10.3 Å². The lowest BCUT2D eigenvalue weighted by Gasteiger charge is -2.25. The number of aromatic amines is 1. The monoisotopic (exact) mass is 429 g/mol. The van der Waals surface area contributed by atoms with E-state index < -0.39 is 10.0 Å². The zero-order chi connectivity index (χ0) is 21.9. The highest BCUT2D eigenvalue weighted by atomic mass is 32.2. The molecule has 0 bridgehead atoms. The van der Waals surface area contributed by atoms with Gasteiger partial charge in [0.15, 0.2) is 0 Å². The molecule has 10 heteroatoms. The Morgan fingerprint density at radius 3 is 2.47 bits per heavy atom. The standard InChI is InChI=1S/C20H23N5O4S/c1-13(2)25(11-18-23-17-6-4-3-5-16(17)20(27)24-18)12-19(26)22-14-7-9-15(10-8-14)30(21,28)29/h3-10,13H,11-12H2,1-2H3,(H,22,26)(H2,21,28,29)(H,23,24,27). The second kappa shape index (κ2) is 8.74. The first kappa shape index (κ1) is 21.6. The lowest BCUT2D eigenvalue weighted by molar-refractivity contribution is -0.117. The summed E-state index contributed by atoms with van der Waals surface area (Å²) in [5.41, 5.74) is 0.825. The Balaban J connectivity index is 1.71. The van der Waals surface area contributed by atoms with Crippen molar-refractivity contribution in [3.8, 4) is 0 Å². The van der Waals surface area contributed by atoms with Gasteiger partial charge in [0.1, 0.15) is 5.82 Å². The van der Waals surface area contributed by atoms with Gasteiger partial charge in [-0.3, -0.25) is 14.5 Å². The van der Waals surface area contributed by atoms with Crippen molar-refractivity contribution in [2.75, 3.05) is 11.9 Å². The third-order valence-corrected chi connectivity index (χ3v) is 5.49. The van der Waals surface area contributed by atoms with Crippen molar-refractivity contribution in [2.45, 2.75) is 31.3 Å². The third kappa shape index (κ3) is 5.29. The Morgan fingerprint density at radius 2 is 1.83 bits per heavy atom. The first-order chi connectivity index (χ1) is 14.1. The van der Waals surface area contributed by atoms with Crippen molar-refractivity contribution in [3.05, 3.63) is 64.7 Å². The Kier molecular flexibility index (Phi) is 6.30. The van der Waals surface area contributed by atoms with E-state index in [2.05, 4.69) is 15.3 Å². The molecule has 1 aromatic heterocycles. The van der Waals surface area contributed by atoms with E-state index in [9.17, 15) is 18.0 Å². The fourth-order valence-corrected chi connectivity index (χ4v) is 3.45. The molecule has 0 atom stereocenters. The smallest absolute Gasteiger partial charge is 0.258 e. The van der Waals surface area contributed by atoms with Crippen LogP contribution in [0.3, 0.4) is 0 Å². The Labute approximate surface area is 174 Å². The second-order valence-corrected chi connectivity index (χ2v) is 8.71. The van der Waals surface area contributed by atoms with Crippen LogP contribution in [0.15, 0.2) is 58.2 Å². The molecule has 2 aromatic carbocycles. The molecule has 1 amide bonds. The predicted octanol–water partition coefficient (Wildman–Crippen LogP) is 1.42. The zero-order valence-corrected chi connectivity index (χ0v) is 17.4. The number of para-hydroxylation sites is 1. The number of primary sulfonamides is 1. The number of rotatable bonds is 7. The summed E-state index contributed by atoms with van der Waals surface area (Å²) in [4.78, 5) is 33.8. The van der Waals surface area contributed by atoms with Crippen molar-refractivity contribution in [1.82, 2.24) is 14.9 Å². The largest absolute Gasteiger partial charge is 0.325 e. The molecule has 0 aliphatic carbocycles. The lowest BCUT2D eigenvalue weighted by atomic mass is 10.2. The molecule has 3 rings (SSSR count). The molecule has 0 radical (unpaired) electrons. The molecule has 0 saturated heterocycles. The van der Waals surface area contributed by atoms with E-state index in [0.29, 0.717) is 22.4 Å². The number of hydrogen-bond acceptors (Lipinski definition) is 6. The molecule has 0 spiro atoms. The number of aromatic nitrogens is 2. The van der Waals surface area contributed by atoms with Crippen LogP contribution in [-0.4, -0.2) is 41.8 Å². The molecule has 30 heavy (non-hydrogen) atoms. The maximum atomic E-state index is 12.5. The predicted molar refractivity (Wildman–Crippen MR) is 114 cm³/mol. The molecule has 9 nitrogen and oxygen atoms in total. The highest BCUT2D eigenvalue weighted by molar-refractivity contribution is 7.89. The Morgan fingerprint density at radius 1 is 1.17 bits per heavy atom. The lowest BCUT2D eigenvalue weighted by Crippen LogP contribution is -2.38. The maximum absolute atomic E-state index is 12.5. The number of anilines is 1. The molecule has 1 heterocycles. The Bertz CT molecular complexity index is 1220. The number of benzene rings is 2. The molecule has 0 unspecified atom stereocenters. The van der Waals surface area contributed by atoms with E-state index in [-0.39, 0.29) is 35.5 Å². The summed E-state index contributed by atoms with van der Waals surface area (Å²) >= 11 is 0. The summed E-state index contributed by atoms with van der Waals surface area (Å²) in [6, 6.07) is 12.7. The van der Waals surface area contributed by atoms with Crippen LogP contribution in [0.2, 0.25) is 0 Å². The van der Waals surface area contributed by atoms with E-state index in [1.807, 2.05) is 24.8 Å². The summed E-state index contributed by atoms with van der Waals surface area (Å²) < 4.78 is 22.6. The fourth-order valence-electron chi connectivity index (χ4n) is 2.94. The van der Waals surface area contributed by atoms with Gasteiger partial charge in [-0.2, -0.15) is 0 Å². The topological polar surface area (TPSA) is 138 Å². The van der Waals surface area contributed by atoms with E-state index in [1.54, 1.807) is 18.2 Å². The summed E-state index contributed by atoms with van der Waals surface area (Å²) in [6.07, 6.45) is 0. The molecule has 0 saturated carbocycles. The van der Waals surface area contributed by atoms with Crippen LogP contribution >= 0.6 is 0 Å². The van der Waals surface area contributed by atoms with Crippen LogP contribution in [0.25, 0.3) is 10.9 Å². The highest BCUT2D eigenvalue weighted by Gasteiger charge is 2.17. The summed E-state index contributed by atoms with van der Waals surface area (Å²) in [5.74, 6) is 0.188. The van der Waals surface area contributed by atoms with Gasteiger partial charge in [-0.05, 0) is 50.2 Å². The van der Waals surface area contributed by atoms with Gasteiger partial charge in [0, 0.05) is 11.7 Å². The number of nitrogens with one attached hydrogen (secondary N) is 2. The minimum Gasteiger partial charge on any atom is -0.325 e. The number of sulfonamides is 1. The molecule has 4 N–H and O–H groups in total. The number of carbonyl (C=O) groups is 1. The normalized spacial score (nSPS) is 11.9. The molecule has 158 valence electrons. The number of amides is 1. The van der Waals surface area contributed by atoms with Gasteiger partial charge in [0.2, 0.25) is 15.9 Å². The van der Waals surface area contributed by atoms with Crippen LogP contribution in [-0.2, 0) is 21.4 Å². The molecule has 3 aromatic rings. The van der Waals surface area contributed by atoms with Gasteiger partial charge in [0.05, 0.1) is 28.9 Å². The van der Waals surface area contributed by atoms with Gasteiger partial charge in [0.25, 0.3) is 5.56 Å². The van der Waals surface area contributed by atoms with Gasteiger partial charge in [-0.25, -0.2) is 18.5 Å². The first-order valence-electron chi connectivity index (χ1n) is 9.28. The molecular formula is C20H23N5O4S. The van der Waals surface area contributed by atoms with Crippen molar-refractivity contribution < 1.29 is 13.2 Å². The van der Waals surface area contributed by atoms with Crippen molar-refractivity contribution in [2.24, 2.45) is 5.14 Å².